The number of sulfonamides is 1. The first kappa shape index (κ1) is 15.6. The van der Waals surface area contributed by atoms with Crippen LogP contribution in [0.2, 0.25) is 0 Å². The van der Waals surface area contributed by atoms with Gasteiger partial charge in [-0.2, -0.15) is 0 Å². The van der Waals surface area contributed by atoms with Crippen molar-refractivity contribution in [1.82, 2.24) is 4.72 Å². The molecule has 7 heteroatoms. The molecule has 1 aromatic rings. The summed E-state index contributed by atoms with van der Waals surface area (Å²) >= 11 is 0. The molecule has 0 atom stereocenters. The van der Waals surface area contributed by atoms with Crippen molar-refractivity contribution in [2.75, 3.05) is 25.5 Å². The van der Waals surface area contributed by atoms with Gasteiger partial charge in [0.05, 0.1) is 18.9 Å². The number of nitrogen functional groups attached to an aromatic ring is 1. The van der Waals surface area contributed by atoms with E-state index in [9.17, 15) is 12.8 Å². The Labute approximate surface area is 112 Å². The van der Waals surface area contributed by atoms with E-state index in [0.29, 0.717) is 6.61 Å². The fourth-order valence-corrected chi connectivity index (χ4v) is 2.46. The SMILES string of the molecule is C=C(C)COCCNS(=O)(=O)c1ccc(F)cc1N. The molecule has 0 amide bonds. The number of hydrogen-bond donors (Lipinski definition) is 2. The summed E-state index contributed by atoms with van der Waals surface area (Å²) in [7, 11) is -3.75. The van der Waals surface area contributed by atoms with E-state index < -0.39 is 15.8 Å². The van der Waals surface area contributed by atoms with Crippen LogP contribution in [0.1, 0.15) is 6.92 Å². The molecular weight excluding hydrogens is 271 g/mol. The van der Waals surface area contributed by atoms with Gasteiger partial charge in [-0.1, -0.05) is 12.2 Å². The maximum absolute atomic E-state index is 12.8. The molecule has 3 N–H and O–H groups in total. The zero-order valence-electron chi connectivity index (χ0n) is 10.6. The average Bonchev–Trinajstić information content (AvgIpc) is 2.27. The highest BCUT2D eigenvalue weighted by Gasteiger charge is 2.17. The fraction of sp³-hybridized carbons (Fsp3) is 0.333. The highest BCUT2D eigenvalue weighted by molar-refractivity contribution is 7.89. The van der Waals surface area contributed by atoms with Crippen LogP contribution in [0.5, 0.6) is 0 Å². The second-order valence-corrected chi connectivity index (χ2v) is 5.82. The van der Waals surface area contributed by atoms with Crippen LogP contribution >= 0.6 is 0 Å². The van der Waals surface area contributed by atoms with Gasteiger partial charge >= 0.3 is 0 Å². The first-order chi connectivity index (χ1) is 8.83. The van der Waals surface area contributed by atoms with Crippen molar-refractivity contribution in [2.24, 2.45) is 0 Å². The topological polar surface area (TPSA) is 81.4 Å². The largest absolute Gasteiger partial charge is 0.398 e. The van der Waals surface area contributed by atoms with Crippen LogP contribution in [0.25, 0.3) is 0 Å². The van der Waals surface area contributed by atoms with Gasteiger partial charge in [-0.05, 0) is 25.1 Å². The lowest BCUT2D eigenvalue weighted by Gasteiger charge is -2.09. The summed E-state index contributed by atoms with van der Waals surface area (Å²) in [6.45, 7) is 6.16. The lowest BCUT2D eigenvalue weighted by molar-refractivity contribution is 0.162. The Morgan fingerprint density at radius 1 is 1.53 bits per heavy atom. The highest BCUT2D eigenvalue weighted by Crippen LogP contribution is 2.18. The zero-order chi connectivity index (χ0) is 14.5. The number of halogens is 1. The summed E-state index contributed by atoms with van der Waals surface area (Å²) in [6.07, 6.45) is 0. The Kier molecular flexibility index (Phi) is 5.46. The number of rotatable bonds is 7. The van der Waals surface area contributed by atoms with Crippen LogP contribution in [0.4, 0.5) is 10.1 Å². The molecule has 1 aromatic carbocycles. The molecule has 1 rings (SSSR count). The van der Waals surface area contributed by atoms with E-state index in [-0.39, 0.29) is 23.7 Å². The van der Waals surface area contributed by atoms with E-state index in [1.165, 1.54) is 0 Å². The Hall–Kier alpha value is -1.44. The number of ether oxygens (including phenoxy) is 1. The molecule has 0 fully saturated rings. The summed E-state index contributed by atoms with van der Waals surface area (Å²) in [5, 5.41) is 0. The van der Waals surface area contributed by atoms with Gasteiger partial charge in [0.2, 0.25) is 10.0 Å². The van der Waals surface area contributed by atoms with E-state index in [1.807, 2.05) is 6.92 Å². The van der Waals surface area contributed by atoms with Gasteiger partial charge in [0.15, 0.2) is 0 Å². The number of benzene rings is 1. The Balaban J connectivity index is 2.59. The van der Waals surface area contributed by atoms with Gasteiger partial charge in [0.25, 0.3) is 0 Å². The van der Waals surface area contributed by atoms with Crippen LogP contribution in [-0.2, 0) is 14.8 Å². The number of nitrogens with two attached hydrogens (primary N) is 1. The van der Waals surface area contributed by atoms with Crippen LogP contribution < -0.4 is 10.5 Å². The standard InChI is InChI=1S/C12H17FN2O3S/c1-9(2)8-18-6-5-15-19(16,17)12-4-3-10(13)7-11(12)14/h3-4,7,15H,1,5-6,8,14H2,2H3. The van der Waals surface area contributed by atoms with Crippen LogP contribution in [0, 0.1) is 5.82 Å². The molecule has 0 aliphatic carbocycles. The first-order valence-electron chi connectivity index (χ1n) is 5.60. The molecule has 0 aliphatic heterocycles. The van der Waals surface area contributed by atoms with E-state index in [0.717, 1.165) is 23.8 Å². The molecule has 106 valence electrons. The molecule has 0 bridgehead atoms. The summed E-state index contributed by atoms with van der Waals surface area (Å²) in [5.41, 5.74) is 6.20. The smallest absolute Gasteiger partial charge is 0.242 e. The molecule has 19 heavy (non-hydrogen) atoms. The minimum absolute atomic E-state index is 0.104. The van der Waals surface area contributed by atoms with Crippen molar-refractivity contribution >= 4 is 15.7 Å². The van der Waals surface area contributed by atoms with E-state index in [4.69, 9.17) is 10.5 Å². The summed E-state index contributed by atoms with van der Waals surface area (Å²) < 4.78 is 44.1. The predicted molar refractivity (Wildman–Crippen MR) is 71.6 cm³/mol. The highest BCUT2D eigenvalue weighted by atomic mass is 32.2. The van der Waals surface area contributed by atoms with Crippen molar-refractivity contribution in [2.45, 2.75) is 11.8 Å². The molecule has 0 spiro atoms. The van der Waals surface area contributed by atoms with Gasteiger partial charge in [-0.3, -0.25) is 0 Å². The molecule has 0 aromatic heterocycles. The maximum atomic E-state index is 12.8. The van der Waals surface area contributed by atoms with E-state index in [1.54, 1.807) is 0 Å². The van der Waals surface area contributed by atoms with E-state index in [2.05, 4.69) is 11.3 Å². The van der Waals surface area contributed by atoms with Gasteiger partial charge in [0, 0.05) is 6.54 Å². The molecule has 0 heterocycles. The van der Waals surface area contributed by atoms with E-state index >= 15 is 0 Å². The van der Waals surface area contributed by atoms with Gasteiger partial charge in [-0.25, -0.2) is 17.5 Å². The van der Waals surface area contributed by atoms with Crippen LogP contribution in [0.15, 0.2) is 35.2 Å². The minimum Gasteiger partial charge on any atom is -0.398 e. The molecule has 0 saturated carbocycles. The van der Waals surface area contributed by atoms with Gasteiger partial charge in [-0.15, -0.1) is 0 Å². The lowest BCUT2D eigenvalue weighted by Crippen LogP contribution is -2.28. The zero-order valence-corrected chi connectivity index (χ0v) is 11.5. The van der Waals surface area contributed by atoms with Crippen LogP contribution in [0.3, 0.4) is 0 Å². The Morgan fingerprint density at radius 2 is 2.21 bits per heavy atom. The predicted octanol–water partition coefficient (Wildman–Crippen LogP) is 1.28. The number of nitrogens with one attached hydrogen (secondary N) is 1. The fourth-order valence-electron chi connectivity index (χ4n) is 1.34. The van der Waals surface area contributed by atoms with Crippen LogP contribution in [-0.4, -0.2) is 28.2 Å². The van der Waals surface area contributed by atoms with Crippen molar-refractivity contribution in [1.29, 1.82) is 0 Å². The van der Waals surface area contributed by atoms with Crippen molar-refractivity contribution < 1.29 is 17.5 Å². The van der Waals surface area contributed by atoms with Crippen molar-refractivity contribution in [3.05, 3.63) is 36.2 Å². The minimum atomic E-state index is -3.75. The maximum Gasteiger partial charge on any atom is 0.242 e. The van der Waals surface area contributed by atoms with Gasteiger partial charge in [0.1, 0.15) is 10.7 Å². The molecule has 5 nitrogen and oxygen atoms in total. The Bertz CT molecular complexity index is 558. The first-order valence-corrected chi connectivity index (χ1v) is 7.08. The summed E-state index contributed by atoms with van der Waals surface area (Å²) in [4.78, 5) is -0.145. The summed E-state index contributed by atoms with van der Waals surface area (Å²) in [5.74, 6) is -0.582. The second kappa shape index (κ2) is 6.65. The quantitative estimate of drug-likeness (QED) is 0.450. The lowest BCUT2D eigenvalue weighted by atomic mass is 10.3. The molecule has 0 radical (unpaired) electrons. The number of anilines is 1. The summed E-state index contributed by atoms with van der Waals surface area (Å²) in [6, 6.07) is 3.14. The molecular formula is C12H17FN2O3S. The molecule has 0 unspecified atom stereocenters. The third-order valence-electron chi connectivity index (χ3n) is 2.15. The van der Waals surface area contributed by atoms with Gasteiger partial charge < -0.3 is 10.5 Å². The second-order valence-electron chi connectivity index (χ2n) is 4.09. The third kappa shape index (κ3) is 4.98. The van der Waals surface area contributed by atoms with Crippen molar-refractivity contribution in [3.8, 4) is 0 Å². The monoisotopic (exact) mass is 288 g/mol. The Morgan fingerprint density at radius 3 is 2.79 bits per heavy atom. The average molecular weight is 288 g/mol. The van der Waals surface area contributed by atoms with Crippen molar-refractivity contribution in [3.63, 3.8) is 0 Å². The number of hydrogen-bond acceptors (Lipinski definition) is 4. The molecule has 0 saturated heterocycles. The molecule has 0 aliphatic rings. The third-order valence-corrected chi connectivity index (χ3v) is 3.68. The normalized spacial score (nSPS) is 11.5.